The number of amides is 1. The topological polar surface area (TPSA) is 76.8 Å². The lowest BCUT2D eigenvalue weighted by Crippen LogP contribution is -2.39. The molecule has 0 bridgehead atoms. The molecule has 0 spiro atoms. The first-order valence-corrected chi connectivity index (χ1v) is 8.91. The average molecular weight is 366 g/mol. The molecular formula is C19H19FN6O. The molecule has 4 rings (SSSR count). The van der Waals surface area contributed by atoms with E-state index in [2.05, 4.69) is 20.4 Å². The molecule has 3 heterocycles. The zero-order valence-corrected chi connectivity index (χ0v) is 14.7. The Kier molecular flexibility index (Phi) is 4.86. The van der Waals surface area contributed by atoms with Gasteiger partial charge < -0.3 is 4.90 Å². The number of pyridine rings is 1. The Morgan fingerprint density at radius 2 is 2.07 bits per heavy atom. The van der Waals surface area contributed by atoms with Crippen LogP contribution in [0.15, 0.2) is 48.8 Å². The van der Waals surface area contributed by atoms with E-state index in [1.54, 1.807) is 24.5 Å². The van der Waals surface area contributed by atoms with Crippen molar-refractivity contribution in [2.75, 3.05) is 6.54 Å². The number of halogens is 1. The van der Waals surface area contributed by atoms with Crippen molar-refractivity contribution in [1.82, 2.24) is 30.1 Å². The van der Waals surface area contributed by atoms with Gasteiger partial charge in [0.2, 0.25) is 11.7 Å². The van der Waals surface area contributed by atoms with Gasteiger partial charge in [-0.05, 0) is 47.9 Å². The van der Waals surface area contributed by atoms with Crippen molar-refractivity contribution in [3.8, 4) is 11.4 Å². The molecule has 2 aromatic heterocycles. The number of likely N-dealkylation sites (tertiary alicyclic amines) is 1. The van der Waals surface area contributed by atoms with Crippen molar-refractivity contribution in [3.05, 3.63) is 60.2 Å². The van der Waals surface area contributed by atoms with Crippen LogP contribution in [0.3, 0.4) is 0 Å². The Bertz CT molecular complexity index is 911. The van der Waals surface area contributed by atoms with E-state index in [4.69, 9.17) is 0 Å². The Hall–Kier alpha value is -3.16. The van der Waals surface area contributed by atoms with Crippen LogP contribution in [0.5, 0.6) is 0 Å². The van der Waals surface area contributed by atoms with Crippen LogP contribution in [-0.2, 0) is 17.8 Å². The Balaban J connectivity index is 1.42. The number of carbonyl (C=O) groups is 1. The maximum absolute atomic E-state index is 13.0. The fourth-order valence-electron chi connectivity index (χ4n) is 3.35. The maximum atomic E-state index is 13.0. The first-order chi connectivity index (χ1) is 13.2. The number of hydrogen-bond acceptors (Lipinski definition) is 5. The zero-order chi connectivity index (χ0) is 18.6. The molecule has 0 unspecified atom stereocenters. The highest BCUT2D eigenvalue weighted by Gasteiger charge is 2.29. The summed E-state index contributed by atoms with van der Waals surface area (Å²) in [5.74, 6) is 0.258. The van der Waals surface area contributed by atoms with Crippen molar-refractivity contribution >= 4 is 5.91 Å². The highest BCUT2D eigenvalue weighted by molar-refractivity contribution is 5.79. The van der Waals surface area contributed by atoms with Crippen LogP contribution in [0.2, 0.25) is 0 Å². The Morgan fingerprint density at radius 1 is 1.22 bits per heavy atom. The lowest BCUT2D eigenvalue weighted by molar-refractivity contribution is -0.131. The molecule has 1 aliphatic rings. The molecule has 27 heavy (non-hydrogen) atoms. The number of carbonyl (C=O) groups excluding carboxylic acids is 1. The summed E-state index contributed by atoms with van der Waals surface area (Å²) in [5.41, 5.74) is 1.62. The largest absolute Gasteiger partial charge is 0.337 e. The summed E-state index contributed by atoms with van der Waals surface area (Å²) in [5, 5.41) is 12.6. The summed E-state index contributed by atoms with van der Waals surface area (Å²) in [6.07, 6.45) is 5.50. The third-order valence-electron chi connectivity index (χ3n) is 4.71. The lowest BCUT2D eigenvalue weighted by atomic mass is 10.1. The molecule has 3 aromatic rings. The van der Waals surface area contributed by atoms with Gasteiger partial charge in [-0.15, -0.1) is 10.2 Å². The van der Waals surface area contributed by atoms with Crippen LogP contribution in [-0.4, -0.2) is 48.6 Å². The molecule has 0 N–H and O–H groups in total. The second-order valence-electron chi connectivity index (χ2n) is 6.60. The average Bonchev–Trinajstić information content (AvgIpc) is 3.34. The van der Waals surface area contributed by atoms with Crippen LogP contribution < -0.4 is 0 Å². The second kappa shape index (κ2) is 7.61. The molecular weight excluding hydrogens is 347 g/mol. The van der Waals surface area contributed by atoms with Gasteiger partial charge in [0.1, 0.15) is 5.82 Å². The number of benzene rings is 1. The van der Waals surface area contributed by atoms with E-state index >= 15 is 0 Å². The Labute approximate surface area is 155 Å². The van der Waals surface area contributed by atoms with Gasteiger partial charge in [0.15, 0.2) is 0 Å². The molecule has 0 radical (unpaired) electrons. The molecule has 1 atom stereocenters. The second-order valence-corrected chi connectivity index (χ2v) is 6.60. The molecule has 1 aliphatic heterocycles. The molecule has 8 heteroatoms. The summed E-state index contributed by atoms with van der Waals surface area (Å²) in [6.45, 7) is 1.22. The van der Waals surface area contributed by atoms with E-state index < -0.39 is 0 Å². The highest BCUT2D eigenvalue weighted by atomic mass is 19.1. The minimum absolute atomic E-state index is 0.0360. The molecule has 7 nitrogen and oxygen atoms in total. The maximum Gasteiger partial charge on any atom is 0.227 e. The molecule has 1 fully saturated rings. The number of tetrazole rings is 1. The zero-order valence-electron chi connectivity index (χ0n) is 14.7. The molecule has 1 amide bonds. The lowest BCUT2D eigenvalue weighted by Gasteiger charge is -2.24. The predicted octanol–water partition coefficient (Wildman–Crippen LogP) is 2.11. The van der Waals surface area contributed by atoms with Crippen LogP contribution in [0, 0.1) is 5.82 Å². The van der Waals surface area contributed by atoms with Crippen molar-refractivity contribution in [3.63, 3.8) is 0 Å². The van der Waals surface area contributed by atoms with Gasteiger partial charge in [-0.25, -0.2) is 4.39 Å². The van der Waals surface area contributed by atoms with E-state index in [1.165, 1.54) is 16.9 Å². The summed E-state index contributed by atoms with van der Waals surface area (Å²) in [6, 6.07) is 9.79. The summed E-state index contributed by atoms with van der Waals surface area (Å²) in [4.78, 5) is 20.2. The molecule has 0 saturated carbocycles. The van der Waals surface area contributed by atoms with Crippen molar-refractivity contribution in [2.24, 2.45) is 0 Å². The minimum atomic E-state index is -0.299. The number of aromatic nitrogens is 5. The summed E-state index contributed by atoms with van der Waals surface area (Å²) in [7, 11) is 0. The van der Waals surface area contributed by atoms with Gasteiger partial charge in [-0.1, -0.05) is 12.1 Å². The first kappa shape index (κ1) is 17.3. The van der Waals surface area contributed by atoms with E-state index in [0.29, 0.717) is 12.4 Å². The predicted molar refractivity (Wildman–Crippen MR) is 95.9 cm³/mol. The quantitative estimate of drug-likeness (QED) is 0.691. The fourth-order valence-corrected chi connectivity index (χ4v) is 3.35. The van der Waals surface area contributed by atoms with Gasteiger partial charge in [0.25, 0.3) is 0 Å². The van der Waals surface area contributed by atoms with Gasteiger partial charge >= 0.3 is 0 Å². The van der Waals surface area contributed by atoms with Gasteiger partial charge in [-0.2, -0.15) is 4.80 Å². The van der Waals surface area contributed by atoms with E-state index in [-0.39, 0.29) is 24.2 Å². The van der Waals surface area contributed by atoms with Gasteiger partial charge in [0.05, 0.1) is 19.0 Å². The smallest absolute Gasteiger partial charge is 0.227 e. The van der Waals surface area contributed by atoms with Crippen LogP contribution in [0.1, 0.15) is 18.4 Å². The fraction of sp³-hybridized carbons (Fsp3) is 0.316. The third kappa shape index (κ3) is 3.99. The third-order valence-corrected chi connectivity index (χ3v) is 4.71. The SMILES string of the molecule is O=C(Cc1ccc(F)cc1)N1CCC[C@@H]1Cn1nnc(-c2cccnc2)n1. The molecule has 1 aromatic carbocycles. The normalized spacial score (nSPS) is 16.6. The van der Waals surface area contributed by atoms with Crippen LogP contribution >= 0.6 is 0 Å². The Morgan fingerprint density at radius 3 is 2.85 bits per heavy atom. The van der Waals surface area contributed by atoms with Crippen LogP contribution in [0.4, 0.5) is 4.39 Å². The van der Waals surface area contributed by atoms with Crippen molar-refractivity contribution in [1.29, 1.82) is 0 Å². The highest BCUT2D eigenvalue weighted by Crippen LogP contribution is 2.20. The van der Waals surface area contributed by atoms with Crippen molar-refractivity contribution in [2.45, 2.75) is 31.8 Å². The van der Waals surface area contributed by atoms with Gasteiger partial charge in [-0.3, -0.25) is 9.78 Å². The standard InChI is InChI=1S/C19H19FN6O/c20-16-7-5-14(6-8-16)11-18(27)25-10-2-4-17(25)13-26-23-19(22-24-26)15-3-1-9-21-12-15/h1,3,5-9,12,17H,2,4,10-11,13H2/t17-/m1/s1. The van der Waals surface area contributed by atoms with E-state index in [1.807, 2.05) is 17.0 Å². The first-order valence-electron chi connectivity index (χ1n) is 8.91. The van der Waals surface area contributed by atoms with Crippen LogP contribution in [0.25, 0.3) is 11.4 Å². The summed E-state index contributed by atoms with van der Waals surface area (Å²) < 4.78 is 13.0. The van der Waals surface area contributed by atoms with E-state index in [9.17, 15) is 9.18 Å². The molecule has 0 aliphatic carbocycles. The monoisotopic (exact) mass is 366 g/mol. The van der Waals surface area contributed by atoms with Crippen molar-refractivity contribution < 1.29 is 9.18 Å². The summed E-state index contributed by atoms with van der Waals surface area (Å²) >= 11 is 0. The number of rotatable bonds is 5. The van der Waals surface area contributed by atoms with E-state index in [0.717, 1.165) is 30.5 Å². The minimum Gasteiger partial charge on any atom is -0.337 e. The number of nitrogens with zero attached hydrogens (tertiary/aromatic N) is 6. The molecule has 1 saturated heterocycles. The molecule has 138 valence electrons. The number of hydrogen-bond donors (Lipinski definition) is 0. The van der Waals surface area contributed by atoms with Gasteiger partial charge in [0, 0.05) is 24.5 Å².